The summed E-state index contributed by atoms with van der Waals surface area (Å²) in [5, 5.41) is 10.6. The number of nitrogens with one attached hydrogen (secondary N) is 1. The van der Waals surface area contributed by atoms with Crippen molar-refractivity contribution in [1.29, 1.82) is 0 Å². The van der Waals surface area contributed by atoms with Crippen LogP contribution in [-0.4, -0.2) is 33.1 Å². The molecule has 0 amide bonds. The van der Waals surface area contributed by atoms with Gasteiger partial charge in [0.1, 0.15) is 4.90 Å². The van der Waals surface area contributed by atoms with E-state index < -0.39 is 14.9 Å². The highest BCUT2D eigenvalue weighted by molar-refractivity contribution is 7.89. The number of nitrogens with two attached hydrogens (primary N) is 1. The molecule has 118 valence electrons. The highest BCUT2D eigenvalue weighted by Gasteiger charge is 2.19. The summed E-state index contributed by atoms with van der Waals surface area (Å²) in [7, 11) is -3.80. The van der Waals surface area contributed by atoms with Gasteiger partial charge in [0.2, 0.25) is 10.0 Å². The Kier molecular flexibility index (Phi) is 6.53. The van der Waals surface area contributed by atoms with Crippen LogP contribution in [0, 0.1) is 10.1 Å². The van der Waals surface area contributed by atoms with Crippen molar-refractivity contribution >= 4 is 21.4 Å². The molecule has 0 heterocycles. The molecule has 8 nitrogen and oxygen atoms in total. The van der Waals surface area contributed by atoms with E-state index in [4.69, 9.17) is 10.5 Å². The van der Waals surface area contributed by atoms with Gasteiger partial charge in [0.05, 0.1) is 17.2 Å². The molecule has 9 heteroatoms. The maximum Gasteiger partial charge on any atom is 0.271 e. The third kappa shape index (κ3) is 5.29. The van der Waals surface area contributed by atoms with Crippen molar-refractivity contribution in [2.75, 3.05) is 25.5 Å². The minimum atomic E-state index is -3.80. The molecule has 0 unspecified atom stereocenters. The van der Waals surface area contributed by atoms with Crippen LogP contribution in [0.15, 0.2) is 23.1 Å². The predicted octanol–water partition coefficient (Wildman–Crippen LogP) is 1.27. The average Bonchev–Trinajstić information content (AvgIpc) is 2.42. The van der Waals surface area contributed by atoms with Crippen molar-refractivity contribution < 1.29 is 18.1 Å². The number of hydrogen-bond donors (Lipinski definition) is 2. The van der Waals surface area contributed by atoms with Crippen molar-refractivity contribution in [3.8, 4) is 0 Å². The fourth-order valence-corrected chi connectivity index (χ4v) is 2.69. The Hall–Kier alpha value is -1.71. The minimum absolute atomic E-state index is 0.114. The number of benzene rings is 1. The minimum Gasteiger partial charge on any atom is -0.397 e. The van der Waals surface area contributed by atoms with Crippen molar-refractivity contribution in [2.45, 2.75) is 24.7 Å². The van der Waals surface area contributed by atoms with Crippen LogP contribution in [0.1, 0.15) is 19.8 Å². The maximum absolute atomic E-state index is 12.0. The van der Waals surface area contributed by atoms with Gasteiger partial charge < -0.3 is 10.5 Å². The predicted molar refractivity (Wildman–Crippen MR) is 78.4 cm³/mol. The fourth-order valence-electron chi connectivity index (χ4n) is 1.57. The Morgan fingerprint density at radius 2 is 2.10 bits per heavy atom. The van der Waals surface area contributed by atoms with Gasteiger partial charge in [-0.05, 0) is 12.5 Å². The smallest absolute Gasteiger partial charge is 0.271 e. The quantitative estimate of drug-likeness (QED) is 0.306. The van der Waals surface area contributed by atoms with Crippen molar-refractivity contribution in [2.24, 2.45) is 0 Å². The van der Waals surface area contributed by atoms with Gasteiger partial charge in [0.25, 0.3) is 5.69 Å². The summed E-state index contributed by atoms with van der Waals surface area (Å²) in [6, 6.07) is 3.24. The Balaban J connectivity index is 2.64. The molecule has 0 radical (unpaired) electrons. The molecule has 1 aromatic carbocycles. The zero-order chi connectivity index (χ0) is 15.9. The van der Waals surface area contributed by atoms with Gasteiger partial charge in [-0.15, -0.1) is 0 Å². The van der Waals surface area contributed by atoms with Crippen molar-refractivity contribution in [1.82, 2.24) is 4.72 Å². The van der Waals surface area contributed by atoms with E-state index in [0.29, 0.717) is 6.61 Å². The number of nitro groups is 1. The molecule has 0 saturated carbocycles. The summed E-state index contributed by atoms with van der Waals surface area (Å²) in [5.74, 6) is 0. The summed E-state index contributed by atoms with van der Waals surface area (Å²) in [4.78, 5) is 9.76. The van der Waals surface area contributed by atoms with Crippen LogP contribution in [0.25, 0.3) is 0 Å². The molecular formula is C12H19N3O5S. The monoisotopic (exact) mass is 317 g/mol. The molecule has 0 aliphatic heterocycles. The summed E-state index contributed by atoms with van der Waals surface area (Å²) < 4.78 is 31.6. The maximum atomic E-state index is 12.0. The molecule has 0 spiro atoms. The molecule has 0 bridgehead atoms. The number of nitrogen functional groups attached to an aromatic ring is 1. The van der Waals surface area contributed by atoms with Crippen molar-refractivity contribution in [3.63, 3.8) is 0 Å². The number of hydrogen-bond acceptors (Lipinski definition) is 6. The van der Waals surface area contributed by atoms with Crippen LogP contribution in [0.4, 0.5) is 11.4 Å². The Morgan fingerprint density at radius 3 is 2.67 bits per heavy atom. The van der Waals surface area contributed by atoms with Gasteiger partial charge in [-0.3, -0.25) is 10.1 Å². The van der Waals surface area contributed by atoms with Gasteiger partial charge in [0, 0.05) is 25.3 Å². The summed E-state index contributed by atoms with van der Waals surface area (Å²) in [6.45, 7) is 2.98. The molecule has 0 aliphatic carbocycles. The molecule has 0 aromatic heterocycles. The molecular weight excluding hydrogens is 298 g/mol. The van der Waals surface area contributed by atoms with Crippen LogP contribution in [0.3, 0.4) is 0 Å². The van der Waals surface area contributed by atoms with E-state index in [1.165, 1.54) is 0 Å². The molecule has 0 atom stereocenters. The second kappa shape index (κ2) is 7.91. The molecule has 0 aliphatic rings. The normalized spacial score (nSPS) is 11.5. The van der Waals surface area contributed by atoms with Gasteiger partial charge >= 0.3 is 0 Å². The number of unbranched alkanes of at least 4 members (excludes halogenated alkanes) is 1. The van der Waals surface area contributed by atoms with E-state index in [0.717, 1.165) is 31.0 Å². The van der Waals surface area contributed by atoms with Crippen LogP contribution in [-0.2, 0) is 14.8 Å². The van der Waals surface area contributed by atoms with Gasteiger partial charge in [-0.2, -0.15) is 0 Å². The molecule has 0 saturated heterocycles. The summed E-state index contributed by atoms with van der Waals surface area (Å²) in [5.41, 5.74) is 5.14. The van der Waals surface area contributed by atoms with Crippen LogP contribution in [0.2, 0.25) is 0 Å². The van der Waals surface area contributed by atoms with Crippen LogP contribution < -0.4 is 10.5 Å². The van der Waals surface area contributed by atoms with E-state index in [2.05, 4.69) is 4.72 Å². The lowest BCUT2D eigenvalue weighted by Gasteiger charge is -2.09. The molecule has 0 fully saturated rings. The number of non-ortho nitro benzene ring substituents is 1. The number of rotatable bonds is 9. The number of sulfonamides is 1. The number of nitro benzene ring substituents is 1. The second-order valence-electron chi connectivity index (χ2n) is 4.34. The number of ether oxygens (including phenoxy) is 1. The second-order valence-corrected chi connectivity index (χ2v) is 6.08. The van der Waals surface area contributed by atoms with E-state index >= 15 is 0 Å². The van der Waals surface area contributed by atoms with E-state index in [1.807, 2.05) is 6.92 Å². The Bertz CT molecular complexity index is 589. The highest BCUT2D eigenvalue weighted by atomic mass is 32.2. The standard InChI is InChI=1S/C12H19N3O5S/c1-2-3-7-20-8-6-14-21(18,19)12-5-4-10(15(16)17)9-11(12)13/h4-5,9,14H,2-3,6-8,13H2,1H3. The first-order valence-corrected chi connectivity index (χ1v) is 7.98. The molecule has 1 aromatic rings. The lowest BCUT2D eigenvalue weighted by atomic mass is 10.3. The topological polar surface area (TPSA) is 125 Å². The first-order chi connectivity index (χ1) is 9.88. The molecule has 1 rings (SSSR count). The summed E-state index contributed by atoms with van der Waals surface area (Å²) in [6.07, 6.45) is 1.92. The summed E-state index contributed by atoms with van der Waals surface area (Å²) >= 11 is 0. The van der Waals surface area contributed by atoms with E-state index in [1.54, 1.807) is 0 Å². The number of anilines is 1. The first kappa shape index (κ1) is 17.3. The fraction of sp³-hybridized carbons (Fsp3) is 0.500. The third-order valence-corrected chi connectivity index (χ3v) is 4.21. The molecule has 21 heavy (non-hydrogen) atoms. The largest absolute Gasteiger partial charge is 0.397 e. The van der Waals surface area contributed by atoms with Crippen LogP contribution in [0.5, 0.6) is 0 Å². The van der Waals surface area contributed by atoms with Gasteiger partial charge in [0.15, 0.2) is 0 Å². The third-order valence-electron chi connectivity index (χ3n) is 2.67. The lowest BCUT2D eigenvalue weighted by molar-refractivity contribution is -0.384. The van der Waals surface area contributed by atoms with Crippen LogP contribution >= 0.6 is 0 Å². The Labute approximate surface area is 123 Å². The van der Waals surface area contributed by atoms with E-state index in [-0.39, 0.29) is 29.4 Å². The number of nitrogens with zero attached hydrogens (tertiary/aromatic N) is 1. The molecule has 3 N–H and O–H groups in total. The highest BCUT2D eigenvalue weighted by Crippen LogP contribution is 2.23. The van der Waals surface area contributed by atoms with Gasteiger partial charge in [-0.25, -0.2) is 13.1 Å². The van der Waals surface area contributed by atoms with Gasteiger partial charge in [-0.1, -0.05) is 13.3 Å². The SMILES string of the molecule is CCCCOCCNS(=O)(=O)c1ccc([N+](=O)[O-])cc1N. The van der Waals surface area contributed by atoms with Crippen molar-refractivity contribution in [3.05, 3.63) is 28.3 Å². The zero-order valence-electron chi connectivity index (χ0n) is 11.7. The lowest BCUT2D eigenvalue weighted by Crippen LogP contribution is -2.28. The van der Waals surface area contributed by atoms with E-state index in [9.17, 15) is 18.5 Å². The zero-order valence-corrected chi connectivity index (χ0v) is 12.6. The first-order valence-electron chi connectivity index (χ1n) is 6.50. The average molecular weight is 317 g/mol. The Morgan fingerprint density at radius 1 is 1.38 bits per heavy atom.